The van der Waals surface area contributed by atoms with Gasteiger partial charge in [0.15, 0.2) is 17.2 Å². The van der Waals surface area contributed by atoms with Crippen LogP contribution in [0.3, 0.4) is 0 Å². The summed E-state index contributed by atoms with van der Waals surface area (Å²) in [6.45, 7) is 11.1. The largest absolute Gasteiger partial charge is 0.508 e. The fourth-order valence-electron chi connectivity index (χ4n) is 3.16. The van der Waals surface area contributed by atoms with Crippen LogP contribution >= 0.6 is 0 Å². The van der Waals surface area contributed by atoms with E-state index in [1.807, 2.05) is 41.5 Å². The van der Waals surface area contributed by atoms with Crippen molar-refractivity contribution >= 4 is 11.6 Å². The van der Waals surface area contributed by atoms with E-state index in [0.717, 1.165) is 11.1 Å². The highest BCUT2D eigenvalue weighted by molar-refractivity contribution is 6.23. The van der Waals surface area contributed by atoms with Crippen LogP contribution in [0.4, 0.5) is 0 Å². The summed E-state index contributed by atoms with van der Waals surface area (Å²) in [6.07, 6.45) is 2.43. The Morgan fingerprint density at radius 3 is 2.15 bits per heavy atom. The first kappa shape index (κ1) is 22.3. The second-order valence-corrected chi connectivity index (χ2v) is 8.04. The van der Waals surface area contributed by atoms with Crippen molar-refractivity contribution in [3.63, 3.8) is 0 Å². The highest BCUT2D eigenvalue weighted by Crippen LogP contribution is 2.43. The number of carbonyl (C=O) groups is 2. The van der Waals surface area contributed by atoms with Crippen molar-refractivity contribution in [2.45, 2.75) is 72.5 Å². The molecule has 1 aliphatic rings. The van der Waals surface area contributed by atoms with Crippen LogP contribution in [0.15, 0.2) is 34.6 Å². The zero-order chi connectivity index (χ0) is 20.2. The quantitative estimate of drug-likeness (QED) is 0.453. The Morgan fingerprint density at radius 1 is 1.15 bits per heavy atom. The van der Waals surface area contributed by atoms with E-state index in [4.69, 9.17) is 0 Å². The van der Waals surface area contributed by atoms with Gasteiger partial charge in [-0.3, -0.25) is 9.59 Å². The topological polar surface area (TPSA) is 94.8 Å². The molecule has 5 heteroatoms. The number of Topliss-reactive ketones (excluding diaryl/α,β-unsaturated/α-hetero) is 2. The standard InChI is InChI=1S/C21H32O5/c1-12(2)7-9-15-19(24)18(16(22)11-14(5)6)20(25)21(15,26)17(23)10-8-13(3)4/h7-8,14-15,17,23,25-26H,9-11H2,1-6H3/t15?,17-,21+/m1/s1. The van der Waals surface area contributed by atoms with Crippen molar-refractivity contribution in [2.75, 3.05) is 0 Å². The lowest BCUT2D eigenvalue weighted by Gasteiger charge is -2.33. The second kappa shape index (κ2) is 8.78. The maximum absolute atomic E-state index is 12.9. The number of aliphatic hydroxyl groups is 3. The molecular formula is C21H32O5. The summed E-state index contributed by atoms with van der Waals surface area (Å²) >= 11 is 0. The van der Waals surface area contributed by atoms with Crippen molar-refractivity contribution < 1.29 is 24.9 Å². The molecule has 1 aliphatic carbocycles. The van der Waals surface area contributed by atoms with E-state index < -0.39 is 34.9 Å². The zero-order valence-corrected chi connectivity index (χ0v) is 16.7. The molecule has 0 aliphatic heterocycles. The average molecular weight is 364 g/mol. The Kier molecular flexibility index (Phi) is 7.54. The fraction of sp³-hybridized carbons (Fsp3) is 0.619. The third-order valence-corrected chi connectivity index (χ3v) is 4.60. The lowest BCUT2D eigenvalue weighted by molar-refractivity contribution is -0.134. The molecule has 0 saturated heterocycles. The summed E-state index contributed by atoms with van der Waals surface area (Å²) in [6, 6.07) is 0. The minimum absolute atomic E-state index is 0.0103. The van der Waals surface area contributed by atoms with E-state index in [0.29, 0.717) is 0 Å². The van der Waals surface area contributed by atoms with Gasteiger partial charge in [0.25, 0.3) is 0 Å². The highest BCUT2D eigenvalue weighted by atomic mass is 16.4. The van der Waals surface area contributed by atoms with Crippen LogP contribution in [0.25, 0.3) is 0 Å². The SMILES string of the molecule is CC(C)=CCC1C(=O)C(C(=O)CC(C)C)=C(O)[C@@]1(O)[C@H](O)CC=C(C)C. The molecule has 0 amide bonds. The normalized spacial score (nSPS) is 24.0. The van der Waals surface area contributed by atoms with Gasteiger partial charge in [0.1, 0.15) is 11.3 Å². The van der Waals surface area contributed by atoms with Gasteiger partial charge in [-0.15, -0.1) is 0 Å². The first-order chi connectivity index (χ1) is 11.9. The molecule has 3 atom stereocenters. The predicted octanol–water partition coefficient (Wildman–Crippen LogP) is 3.42. The molecular weight excluding hydrogens is 332 g/mol. The van der Waals surface area contributed by atoms with E-state index in [-0.39, 0.29) is 30.8 Å². The van der Waals surface area contributed by atoms with Crippen LogP contribution < -0.4 is 0 Å². The van der Waals surface area contributed by atoms with Gasteiger partial charge in [0, 0.05) is 6.42 Å². The third kappa shape index (κ3) is 4.71. The van der Waals surface area contributed by atoms with Gasteiger partial charge in [0.2, 0.25) is 0 Å². The van der Waals surface area contributed by atoms with E-state index in [1.54, 1.807) is 12.2 Å². The number of rotatable bonds is 8. The molecule has 0 saturated carbocycles. The van der Waals surface area contributed by atoms with Crippen molar-refractivity contribution in [1.82, 2.24) is 0 Å². The molecule has 0 bridgehead atoms. The molecule has 0 aromatic heterocycles. The smallest absolute Gasteiger partial charge is 0.176 e. The minimum Gasteiger partial charge on any atom is -0.508 e. The summed E-state index contributed by atoms with van der Waals surface area (Å²) in [5.74, 6) is -2.84. The van der Waals surface area contributed by atoms with Crippen molar-refractivity contribution in [2.24, 2.45) is 11.8 Å². The number of allylic oxidation sites excluding steroid dienone is 4. The van der Waals surface area contributed by atoms with Crippen LogP contribution in [-0.4, -0.2) is 38.6 Å². The molecule has 0 heterocycles. The van der Waals surface area contributed by atoms with Gasteiger partial charge < -0.3 is 15.3 Å². The minimum atomic E-state index is -2.16. The average Bonchev–Trinajstić information content (AvgIpc) is 2.69. The molecule has 26 heavy (non-hydrogen) atoms. The van der Waals surface area contributed by atoms with E-state index >= 15 is 0 Å². The van der Waals surface area contributed by atoms with Crippen molar-refractivity contribution in [3.8, 4) is 0 Å². The molecule has 0 spiro atoms. The summed E-state index contributed by atoms with van der Waals surface area (Å²) in [5, 5.41) is 32.4. The second-order valence-electron chi connectivity index (χ2n) is 8.04. The Labute approximate surface area is 156 Å². The van der Waals surface area contributed by atoms with Crippen LogP contribution in [0, 0.1) is 11.8 Å². The first-order valence-corrected chi connectivity index (χ1v) is 9.11. The zero-order valence-electron chi connectivity index (χ0n) is 16.7. The lowest BCUT2D eigenvalue weighted by Crippen LogP contribution is -2.49. The molecule has 0 aromatic carbocycles. The molecule has 1 rings (SSSR count). The molecule has 1 unspecified atom stereocenters. The van der Waals surface area contributed by atoms with Crippen molar-refractivity contribution in [1.29, 1.82) is 0 Å². The van der Waals surface area contributed by atoms with E-state index in [9.17, 15) is 24.9 Å². The number of carbonyl (C=O) groups excluding carboxylic acids is 2. The monoisotopic (exact) mass is 364 g/mol. The summed E-state index contributed by atoms with van der Waals surface area (Å²) in [7, 11) is 0. The molecule has 3 N–H and O–H groups in total. The van der Waals surface area contributed by atoms with Crippen LogP contribution in [0.1, 0.15) is 60.8 Å². The number of aliphatic hydroxyl groups excluding tert-OH is 2. The van der Waals surface area contributed by atoms with Crippen LogP contribution in [-0.2, 0) is 9.59 Å². The van der Waals surface area contributed by atoms with Crippen molar-refractivity contribution in [3.05, 3.63) is 34.6 Å². The molecule has 0 radical (unpaired) electrons. The molecule has 0 aromatic rings. The van der Waals surface area contributed by atoms with Crippen LogP contribution in [0.5, 0.6) is 0 Å². The van der Waals surface area contributed by atoms with Gasteiger partial charge in [-0.05, 0) is 46.5 Å². The summed E-state index contributed by atoms with van der Waals surface area (Å²) in [4.78, 5) is 25.3. The molecule has 0 fully saturated rings. The lowest BCUT2D eigenvalue weighted by atomic mass is 9.80. The molecule has 5 nitrogen and oxygen atoms in total. The summed E-state index contributed by atoms with van der Waals surface area (Å²) in [5.41, 5.74) is -0.626. The maximum Gasteiger partial charge on any atom is 0.176 e. The summed E-state index contributed by atoms with van der Waals surface area (Å²) < 4.78 is 0. The van der Waals surface area contributed by atoms with E-state index in [1.165, 1.54) is 0 Å². The number of ketones is 2. The Bertz CT molecular complexity index is 645. The third-order valence-electron chi connectivity index (χ3n) is 4.60. The van der Waals surface area contributed by atoms with Gasteiger partial charge in [-0.1, -0.05) is 37.1 Å². The van der Waals surface area contributed by atoms with Crippen LogP contribution in [0.2, 0.25) is 0 Å². The maximum atomic E-state index is 12.9. The number of hydrogen-bond acceptors (Lipinski definition) is 5. The first-order valence-electron chi connectivity index (χ1n) is 9.11. The highest BCUT2D eigenvalue weighted by Gasteiger charge is 2.58. The van der Waals surface area contributed by atoms with Gasteiger partial charge in [-0.2, -0.15) is 0 Å². The molecule has 146 valence electrons. The Hall–Kier alpha value is -1.72. The van der Waals surface area contributed by atoms with Gasteiger partial charge >= 0.3 is 0 Å². The fourth-order valence-corrected chi connectivity index (χ4v) is 3.16. The van der Waals surface area contributed by atoms with E-state index in [2.05, 4.69) is 0 Å². The van der Waals surface area contributed by atoms with Gasteiger partial charge in [-0.25, -0.2) is 0 Å². The Morgan fingerprint density at radius 2 is 1.69 bits per heavy atom. The van der Waals surface area contributed by atoms with Gasteiger partial charge in [0.05, 0.1) is 12.0 Å². The number of hydrogen-bond donors (Lipinski definition) is 3. The predicted molar refractivity (Wildman–Crippen MR) is 102 cm³/mol. The Balaban J connectivity index is 3.38.